The summed E-state index contributed by atoms with van der Waals surface area (Å²) in [5, 5.41) is 2.83. The van der Waals surface area contributed by atoms with Gasteiger partial charge in [0.05, 0.1) is 0 Å². The van der Waals surface area contributed by atoms with Crippen molar-refractivity contribution in [3.8, 4) is 0 Å². The number of para-hydroxylation sites is 1. The minimum atomic E-state index is -0.377. The van der Waals surface area contributed by atoms with Gasteiger partial charge >= 0.3 is 6.03 Å². The predicted octanol–water partition coefficient (Wildman–Crippen LogP) is 2.69. The van der Waals surface area contributed by atoms with Crippen LogP contribution in [-0.2, 0) is 4.79 Å². The fourth-order valence-corrected chi connectivity index (χ4v) is 2.62. The van der Waals surface area contributed by atoms with Gasteiger partial charge in [-0.05, 0) is 17.7 Å². The number of rotatable bonds is 2. The summed E-state index contributed by atoms with van der Waals surface area (Å²) in [5.74, 6) is -0.0722. The molecule has 0 radical (unpaired) electrons. The quantitative estimate of drug-likeness (QED) is 0.926. The Kier molecular flexibility index (Phi) is 3.78. The second-order valence-corrected chi connectivity index (χ2v) is 5.21. The summed E-state index contributed by atoms with van der Waals surface area (Å²) < 4.78 is 0. The van der Waals surface area contributed by atoms with Crippen molar-refractivity contribution in [2.45, 2.75) is 6.17 Å². The smallest absolute Gasteiger partial charge is 0.319 e. The molecule has 3 amide bonds. The van der Waals surface area contributed by atoms with Gasteiger partial charge in [-0.3, -0.25) is 9.69 Å². The molecule has 0 aliphatic carbocycles. The Hall–Kier alpha value is -2.82. The van der Waals surface area contributed by atoms with Gasteiger partial charge in [-0.1, -0.05) is 48.5 Å². The van der Waals surface area contributed by atoms with E-state index < -0.39 is 0 Å². The Morgan fingerprint density at radius 1 is 1.05 bits per heavy atom. The maximum atomic E-state index is 12.5. The third-order valence-electron chi connectivity index (χ3n) is 3.74. The Morgan fingerprint density at radius 3 is 2.27 bits per heavy atom. The molecule has 1 aliphatic heterocycles. The van der Waals surface area contributed by atoms with E-state index in [9.17, 15) is 9.59 Å². The molecule has 1 heterocycles. The Balaban J connectivity index is 1.84. The fraction of sp³-hybridized carbons (Fsp3) is 0.176. The number of anilines is 1. The number of nitrogens with one attached hydrogen (secondary N) is 1. The van der Waals surface area contributed by atoms with Crippen molar-refractivity contribution in [2.24, 2.45) is 0 Å². The van der Waals surface area contributed by atoms with E-state index >= 15 is 0 Å². The van der Waals surface area contributed by atoms with Gasteiger partial charge in [-0.25, -0.2) is 4.79 Å². The summed E-state index contributed by atoms with van der Waals surface area (Å²) in [4.78, 5) is 27.7. The van der Waals surface area contributed by atoms with Crippen molar-refractivity contribution in [3.63, 3.8) is 0 Å². The molecule has 1 fully saturated rings. The average Bonchev–Trinajstić information content (AvgIpc) is 2.85. The molecule has 1 saturated heterocycles. The van der Waals surface area contributed by atoms with Crippen LogP contribution in [0.25, 0.3) is 0 Å². The predicted molar refractivity (Wildman–Crippen MR) is 84.1 cm³/mol. The molecule has 1 atom stereocenters. The minimum Gasteiger partial charge on any atom is -0.319 e. The number of hydrogen-bond acceptors (Lipinski definition) is 2. The molecule has 1 aliphatic rings. The Labute approximate surface area is 129 Å². The van der Waals surface area contributed by atoms with Gasteiger partial charge in [0.25, 0.3) is 0 Å². The number of carbonyl (C=O) groups excluding carboxylic acids is 2. The Morgan fingerprint density at radius 2 is 1.64 bits per heavy atom. The van der Waals surface area contributed by atoms with E-state index in [-0.39, 0.29) is 24.6 Å². The average molecular weight is 295 g/mol. The molecule has 2 aromatic carbocycles. The molecule has 0 spiro atoms. The standard InChI is InChI=1S/C17H17N3O2/c1-19-15(21)12-20(16(19)13-8-4-2-5-9-13)17(22)18-14-10-6-3-7-11-14/h2-11,16H,12H2,1H3,(H,18,22). The monoisotopic (exact) mass is 295 g/mol. The maximum absolute atomic E-state index is 12.5. The number of likely N-dealkylation sites (N-methyl/N-ethyl adjacent to an activating group) is 1. The molecule has 1 N–H and O–H groups in total. The molecule has 5 heteroatoms. The van der Waals surface area contributed by atoms with Gasteiger partial charge in [-0.15, -0.1) is 0 Å². The summed E-state index contributed by atoms with van der Waals surface area (Å²) in [6, 6.07) is 18.5. The van der Waals surface area contributed by atoms with Crippen LogP contribution in [-0.4, -0.2) is 35.3 Å². The van der Waals surface area contributed by atoms with Crippen molar-refractivity contribution in [2.75, 3.05) is 18.9 Å². The number of amides is 3. The second kappa shape index (κ2) is 5.89. The lowest BCUT2D eigenvalue weighted by molar-refractivity contribution is -0.126. The highest BCUT2D eigenvalue weighted by Crippen LogP contribution is 2.29. The number of carbonyl (C=O) groups is 2. The van der Waals surface area contributed by atoms with E-state index in [2.05, 4.69) is 5.32 Å². The first-order valence-corrected chi connectivity index (χ1v) is 7.10. The maximum Gasteiger partial charge on any atom is 0.324 e. The summed E-state index contributed by atoms with van der Waals surface area (Å²) in [5.41, 5.74) is 1.63. The summed E-state index contributed by atoms with van der Waals surface area (Å²) in [6.07, 6.45) is -0.377. The first-order chi connectivity index (χ1) is 10.7. The lowest BCUT2D eigenvalue weighted by atomic mass is 10.1. The lowest BCUT2D eigenvalue weighted by Crippen LogP contribution is -2.37. The molecule has 3 rings (SSSR count). The van der Waals surface area contributed by atoms with Crippen LogP contribution in [0.2, 0.25) is 0 Å². The van der Waals surface area contributed by atoms with Crippen molar-refractivity contribution < 1.29 is 9.59 Å². The normalized spacial score (nSPS) is 17.7. The van der Waals surface area contributed by atoms with Crippen LogP contribution >= 0.6 is 0 Å². The molecule has 2 aromatic rings. The molecular weight excluding hydrogens is 278 g/mol. The van der Waals surface area contributed by atoms with E-state index in [1.807, 2.05) is 60.7 Å². The van der Waals surface area contributed by atoms with E-state index in [0.717, 1.165) is 5.56 Å². The third kappa shape index (κ3) is 2.65. The van der Waals surface area contributed by atoms with E-state index in [4.69, 9.17) is 0 Å². The van der Waals surface area contributed by atoms with Gasteiger partial charge in [0.15, 0.2) is 0 Å². The van der Waals surface area contributed by atoms with Crippen LogP contribution in [0.5, 0.6) is 0 Å². The van der Waals surface area contributed by atoms with Crippen LogP contribution < -0.4 is 5.32 Å². The third-order valence-corrected chi connectivity index (χ3v) is 3.74. The molecule has 22 heavy (non-hydrogen) atoms. The molecule has 1 unspecified atom stereocenters. The zero-order valence-electron chi connectivity index (χ0n) is 12.3. The first kappa shape index (κ1) is 14.1. The van der Waals surface area contributed by atoms with Gasteiger partial charge in [-0.2, -0.15) is 0 Å². The van der Waals surface area contributed by atoms with Gasteiger partial charge in [0, 0.05) is 12.7 Å². The van der Waals surface area contributed by atoms with Crippen LogP contribution in [0.3, 0.4) is 0 Å². The number of nitrogens with zero attached hydrogens (tertiary/aromatic N) is 2. The summed E-state index contributed by atoms with van der Waals surface area (Å²) in [6.45, 7) is 0.0781. The lowest BCUT2D eigenvalue weighted by Gasteiger charge is -2.28. The van der Waals surface area contributed by atoms with Gasteiger partial charge in [0.2, 0.25) is 5.91 Å². The summed E-state index contributed by atoms with van der Waals surface area (Å²) >= 11 is 0. The SMILES string of the molecule is CN1C(=O)CN(C(=O)Nc2ccccc2)C1c1ccccc1. The zero-order chi connectivity index (χ0) is 15.5. The van der Waals surface area contributed by atoms with Crippen molar-refractivity contribution in [1.82, 2.24) is 9.80 Å². The van der Waals surface area contributed by atoms with Crippen LogP contribution in [0, 0.1) is 0 Å². The highest BCUT2D eigenvalue weighted by Gasteiger charge is 2.39. The van der Waals surface area contributed by atoms with E-state index in [1.165, 1.54) is 0 Å². The summed E-state index contributed by atoms with van der Waals surface area (Å²) in [7, 11) is 1.72. The van der Waals surface area contributed by atoms with E-state index in [1.54, 1.807) is 16.8 Å². The highest BCUT2D eigenvalue weighted by atomic mass is 16.2. The number of urea groups is 1. The van der Waals surface area contributed by atoms with Crippen LogP contribution in [0.1, 0.15) is 11.7 Å². The minimum absolute atomic E-state index is 0.0722. The largest absolute Gasteiger partial charge is 0.324 e. The van der Waals surface area contributed by atoms with Crippen molar-refractivity contribution >= 4 is 17.6 Å². The molecule has 0 bridgehead atoms. The fourth-order valence-electron chi connectivity index (χ4n) is 2.62. The topological polar surface area (TPSA) is 52.7 Å². The zero-order valence-corrected chi connectivity index (χ0v) is 12.3. The first-order valence-electron chi connectivity index (χ1n) is 7.10. The van der Waals surface area contributed by atoms with Crippen molar-refractivity contribution in [1.29, 1.82) is 0 Å². The van der Waals surface area contributed by atoms with Crippen LogP contribution in [0.4, 0.5) is 10.5 Å². The molecule has 112 valence electrons. The number of benzene rings is 2. The van der Waals surface area contributed by atoms with Gasteiger partial charge < -0.3 is 10.2 Å². The Bertz CT molecular complexity index is 673. The molecule has 0 saturated carbocycles. The van der Waals surface area contributed by atoms with Gasteiger partial charge in [0.1, 0.15) is 12.7 Å². The van der Waals surface area contributed by atoms with Crippen molar-refractivity contribution in [3.05, 3.63) is 66.2 Å². The van der Waals surface area contributed by atoms with E-state index in [0.29, 0.717) is 5.69 Å². The molecule has 5 nitrogen and oxygen atoms in total. The molecule has 0 aromatic heterocycles. The second-order valence-electron chi connectivity index (χ2n) is 5.21. The molecular formula is C17H17N3O2. The number of hydrogen-bond donors (Lipinski definition) is 1. The highest BCUT2D eigenvalue weighted by molar-refractivity contribution is 5.94. The van der Waals surface area contributed by atoms with Crippen LogP contribution in [0.15, 0.2) is 60.7 Å².